The number of ether oxygens (including phenoxy) is 2. The van der Waals surface area contributed by atoms with Crippen LogP contribution in [0.5, 0.6) is 11.5 Å². The molecule has 1 N–H and O–H groups in total. The van der Waals surface area contributed by atoms with Crippen LogP contribution in [-0.4, -0.2) is 26.8 Å². The summed E-state index contributed by atoms with van der Waals surface area (Å²) in [4.78, 5) is 2.46. The third-order valence-corrected chi connectivity index (χ3v) is 5.94. The van der Waals surface area contributed by atoms with E-state index in [-0.39, 0.29) is 12.1 Å². The lowest BCUT2D eigenvalue weighted by molar-refractivity contribution is 0.229. The van der Waals surface area contributed by atoms with Gasteiger partial charge in [-0.25, -0.2) is 0 Å². The number of anilines is 2. The first-order chi connectivity index (χ1) is 15.0. The third-order valence-electron chi connectivity index (χ3n) is 5.69. The molecule has 5 heteroatoms. The zero-order valence-electron chi connectivity index (χ0n) is 18.5. The quantitative estimate of drug-likeness (QED) is 0.489. The van der Waals surface area contributed by atoms with E-state index in [0.717, 1.165) is 35.2 Å². The number of halogens is 1. The Morgan fingerprint density at radius 2 is 1.71 bits per heavy atom. The van der Waals surface area contributed by atoms with Crippen LogP contribution in [0.4, 0.5) is 11.4 Å². The Morgan fingerprint density at radius 1 is 1.00 bits per heavy atom. The molecule has 3 aromatic carbocycles. The molecule has 1 atom stereocenters. The highest BCUT2D eigenvalue weighted by atomic mass is 35.5. The van der Waals surface area contributed by atoms with E-state index < -0.39 is 0 Å². The predicted octanol–water partition coefficient (Wildman–Crippen LogP) is 6.33. The number of nitrogens with zero attached hydrogens (tertiary/aromatic N) is 1. The first-order valence-electron chi connectivity index (χ1n) is 10.7. The predicted molar refractivity (Wildman–Crippen MR) is 129 cm³/mol. The van der Waals surface area contributed by atoms with Crippen LogP contribution in [0.25, 0.3) is 0 Å². The van der Waals surface area contributed by atoms with Gasteiger partial charge >= 0.3 is 0 Å². The molecule has 0 spiro atoms. The minimum Gasteiger partial charge on any atom is -0.493 e. The minimum atomic E-state index is 0.0573. The number of nitrogens with one attached hydrogen (secondary N) is 1. The van der Waals surface area contributed by atoms with Crippen molar-refractivity contribution in [3.8, 4) is 11.5 Å². The summed E-state index contributed by atoms with van der Waals surface area (Å²) in [5.74, 6) is 1.57. The topological polar surface area (TPSA) is 33.7 Å². The fourth-order valence-electron chi connectivity index (χ4n) is 4.23. The van der Waals surface area contributed by atoms with E-state index >= 15 is 0 Å². The largest absolute Gasteiger partial charge is 0.493 e. The summed E-state index contributed by atoms with van der Waals surface area (Å²) in [6.07, 6.45) is 1.00. The minimum absolute atomic E-state index is 0.0573. The zero-order valence-corrected chi connectivity index (χ0v) is 19.2. The fraction of sp³-hybridized carbons (Fsp3) is 0.308. The number of benzene rings is 3. The van der Waals surface area contributed by atoms with Crippen LogP contribution in [0.15, 0.2) is 60.7 Å². The second-order valence-corrected chi connectivity index (χ2v) is 8.50. The van der Waals surface area contributed by atoms with Crippen LogP contribution in [0, 0.1) is 0 Å². The van der Waals surface area contributed by atoms with E-state index in [4.69, 9.17) is 21.1 Å². The Bertz CT molecular complexity index is 1030. The van der Waals surface area contributed by atoms with Gasteiger partial charge in [0.25, 0.3) is 0 Å². The van der Waals surface area contributed by atoms with Gasteiger partial charge in [-0.3, -0.25) is 0 Å². The van der Waals surface area contributed by atoms with Gasteiger partial charge in [-0.1, -0.05) is 23.7 Å². The molecular weight excluding hydrogens is 408 g/mol. The van der Waals surface area contributed by atoms with Crippen molar-refractivity contribution in [1.82, 2.24) is 0 Å². The van der Waals surface area contributed by atoms with E-state index in [1.165, 1.54) is 22.4 Å². The second-order valence-electron chi connectivity index (χ2n) is 8.06. The maximum Gasteiger partial charge on any atom is 0.161 e. The molecule has 0 aliphatic carbocycles. The van der Waals surface area contributed by atoms with Crippen molar-refractivity contribution >= 4 is 23.0 Å². The van der Waals surface area contributed by atoms with Crippen LogP contribution in [0.2, 0.25) is 5.02 Å². The fourth-order valence-corrected chi connectivity index (χ4v) is 4.36. The lowest BCUT2D eigenvalue weighted by atomic mass is 9.87. The van der Waals surface area contributed by atoms with Crippen molar-refractivity contribution in [2.24, 2.45) is 0 Å². The van der Waals surface area contributed by atoms with E-state index in [1.54, 1.807) is 7.11 Å². The van der Waals surface area contributed by atoms with Gasteiger partial charge in [-0.05, 0) is 85.5 Å². The van der Waals surface area contributed by atoms with E-state index in [9.17, 15) is 0 Å². The number of hydrogen-bond acceptors (Lipinski definition) is 4. The summed E-state index contributed by atoms with van der Waals surface area (Å²) in [6.45, 7) is 4.98. The Kier molecular flexibility index (Phi) is 6.28. The smallest absolute Gasteiger partial charge is 0.161 e. The maximum atomic E-state index is 6.20. The normalized spacial score (nSPS) is 15.5. The van der Waals surface area contributed by atoms with E-state index in [1.807, 2.05) is 33.0 Å². The van der Waals surface area contributed by atoms with E-state index in [0.29, 0.717) is 0 Å². The number of fused-ring (bicyclic) bond motifs is 1. The first-order valence-corrected chi connectivity index (χ1v) is 11.1. The maximum absolute atomic E-state index is 6.20. The molecule has 0 radical (unpaired) electrons. The summed E-state index contributed by atoms with van der Waals surface area (Å²) >= 11 is 6.20. The standard InChI is InChI=1S/C26H29ClN2O2/c1-17(2)31-25-16-23-19(15-24(25)30-4)13-14-29(22-11-9-21(28-3)10-12-22)26(23)18-5-7-20(27)8-6-18/h5-12,15-17,26,28H,13-14H2,1-4H3. The lowest BCUT2D eigenvalue weighted by Gasteiger charge is -2.40. The molecule has 0 bridgehead atoms. The van der Waals surface area contributed by atoms with Crippen molar-refractivity contribution in [1.29, 1.82) is 0 Å². The molecule has 1 aliphatic heterocycles. The Labute approximate surface area is 189 Å². The summed E-state index contributed by atoms with van der Waals surface area (Å²) in [5.41, 5.74) is 6.01. The molecule has 31 heavy (non-hydrogen) atoms. The molecule has 4 nitrogen and oxygen atoms in total. The van der Waals surface area contributed by atoms with Crippen LogP contribution in [0.1, 0.15) is 36.6 Å². The first kappa shape index (κ1) is 21.4. The highest BCUT2D eigenvalue weighted by molar-refractivity contribution is 6.30. The van der Waals surface area contributed by atoms with Crippen LogP contribution < -0.4 is 19.7 Å². The van der Waals surface area contributed by atoms with Gasteiger partial charge in [-0.15, -0.1) is 0 Å². The number of hydrogen-bond donors (Lipinski definition) is 1. The van der Waals surface area contributed by atoms with Gasteiger partial charge < -0.3 is 19.7 Å². The molecular formula is C26H29ClN2O2. The SMILES string of the molecule is CNc1ccc(N2CCc3cc(OC)c(OC(C)C)cc3C2c2ccc(Cl)cc2)cc1. The molecule has 3 aromatic rings. The summed E-state index contributed by atoms with van der Waals surface area (Å²) in [6, 6.07) is 21.1. The monoisotopic (exact) mass is 436 g/mol. The highest BCUT2D eigenvalue weighted by Crippen LogP contribution is 2.43. The average molecular weight is 437 g/mol. The van der Waals surface area contributed by atoms with Gasteiger partial charge in [0, 0.05) is 30.0 Å². The highest BCUT2D eigenvalue weighted by Gasteiger charge is 2.31. The van der Waals surface area contributed by atoms with Crippen LogP contribution in [-0.2, 0) is 6.42 Å². The van der Waals surface area contributed by atoms with Crippen molar-refractivity contribution in [3.63, 3.8) is 0 Å². The Morgan fingerprint density at radius 3 is 2.32 bits per heavy atom. The Balaban J connectivity index is 1.85. The van der Waals surface area contributed by atoms with Gasteiger partial charge in [-0.2, -0.15) is 0 Å². The molecule has 1 aliphatic rings. The molecule has 0 saturated carbocycles. The van der Waals surface area contributed by atoms with Crippen molar-refractivity contribution in [3.05, 3.63) is 82.4 Å². The average Bonchev–Trinajstić information content (AvgIpc) is 2.78. The van der Waals surface area contributed by atoms with Gasteiger partial charge in [0.05, 0.1) is 19.3 Å². The van der Waals surface area contributed by atoms with Gasteiger partial charge in [0.2, 0.25) is 0 Å². The lowest BCUT2D eigenvalue weighted by Crippen LogP contribution is -2.36. The molecule has 1 unspecified atom stereocenters. The molecule has 0 aromatic heterocycles. The number of methoxy groups -OCH3 is 1. The molecule has 0 amide bonds. The van der Waals surface area contributed by atoms with Gasteiger partial charge in [0.1, 0.15) is 0 Å². The van der Waals surface area contributed by atoms with Crippen LogP contribution in [0.3, 0.4) is 0 Å². The zero-order chi connectivity index (χ0) is 22.0. The van der Waals surface area contributed by atoms with E-state index in [2.05, 4.69) is 58.7 Å². The summed E-state index contributed by atoms with van der Waals surface area (Å²) < 4.78 is 11.7. The van der Waals surface area contributed by atoms with Crippen molar-refractivity contribution < 1.29 is 9.47 Å². The second kappa shape index (κ2) is 9.11. The molecule has 1 heterocycles. The third kappa shape index (κ3) is 4.45. The molecule has 162 valence electrons. The molecule has 4 rings (SSSR count). The van der Waals surface area contributed by atoms with Crippen molar-refractivity contribution in [2.45, 2.75) is 32.4 Å². The molecule has 0 fully saturated rings. The van der Waals surface area contributed by atoms with Crippen LogP contribution >= 0.6 is 11.6 Å². The Hall–Kier alpha value is -2.85. The van der Waals surface area contributed by atoms with Gasteiger partial charge in [0.15, 0.2) is 11.5 Å². The summed E-state index contributed by atoms with van der Waals surface area (Å²) in [5, 5.41) is 3.94. The molecule has 0 saturated heterocycles. The van der Waals surface area contributed by atoms with Crippen molar-refractivity contribution in [2.75, 3.05) is 30.9 Å². The number of rotatable bonds is 6. The summed E-state index contributed by atoms with van der Waals surface area (Å²) in [7, 11) is 3.64.